The summed E-state index contributed by atoms with van der Waals surface area (Å²) in [6, 6.07) is 0. The highest BCUT2D eigenvalue weighted by atomic mass is 35.5. The van der Waals surface area contributed by atoms with Gasteiger partial charge < -0.3 is 24.8 Å². The molecule has 1 N–H and O–H groups in total. The fourth-order valence-corrected chi connectivity index (χ4v) is 1.34. The van der Waals surface area contributed by atoms with Gasteiger partial charge in [-0.3, -0.25) is 4.98 Å². The molecule has 0 saturated carbocycles. The molecule has 2 aromatic rings. The highest BCUT2D eigenvalue weighted by Gasteiger charge is 2.13. The first kappa shape index (κ1) is 14.7. The lowest BCUT2D eigenvalue weighted by Crippen LogP contribution is -3.00. The van der Waals surface area contributed by atoms with Crippen LogP contribution in [0.15, 0.2) is 37.2 Å². The van der Waals surface area contributed by atoms with Gasteiger partial charge in [-0.1, -0.05) is 0 Å². The van der Waals surface area contributed by atoms with Crippen LogP contribution in [0.1, 0.15) is 6.92 Å². The smallest absolute Gasteiger partial charge is 0.255 e. The van der Waals surface area contributed by atoms with Gasteiger partial charge in [0, 0.05) is 0 Å². The van der Waals surface area contributed by atoms with Crippen molar-refractivity contribution in [2.45, 2.75) is 13.5 Å². The minimum absolute atomic E-state index is 0. The summed E-state index contributed by atoms with van der Waals surface area (Å²) in [7, 11) is 0. The first-order valence-corrected chi connectivity index (χ1v) is 4.57. The number of hydrogen-bond acceptors (Lipinski definition) is 2. The average molecular weight is 259 g/mol. The van der Waals surface area contributed by atoms with Crippen molar-refractivity contribution in [2.75, 3.05) is 0 Å². The summed E-state index contributed by atoms with van der Waals surface area (Å²) in [5.74, 6) is 0. The summed E-state index contributed by atoms with van der Waals surface area (Å²) in [5.41, 5.74) is 1.93. The number of hydrogen-bond donors (Lipinski definition) is 0. The molecule has 0 aromatic carbocycles. The van der Waals surface area contributed by atoms with Crippen molar-refractivity contribution in [3.63, 3.8) is 0 Å². The number of rotatable bonds is 2. The molecule has 0 aliphatic carbocycles. The summed E-state index contributed by atoms with van der Waals surface area (Å²) in [4.78, 5) is 11.4. The summed E-state index contributed by atoms with van der Waals surface area (Å²) in [6.07, 6.45) is 10.9. The number of aryl methyl sites for hydroxylation is 1. The molecule has 4 nitrogen and oxygen atoms in total. The molecule has 0 amide bonds. The molecule has 0 radical (unpaired) electrons. The second-order valence-corrected chi connectivity index (χ2v) is 2.89. The molecule has 0 fully saturated rings. The number of halogens is 2. The fraction of sp³-hybridized carbons (Fsp3) is 0.200. The van der Waals surface area contributed by atoms with Crippen LogP contribution in [0.4, 0.5) is 0 Å². The normalized spacial score (nSPS) is 8.81. The van der Waals surface area contributed by atoms with Gasteiger partial charge in [-0.15, -0.1) is 0 Å². The van der Waals surface area contributed by atoms with Crippen molar-refractivity contribution in [2.24, 2.45) is 0 Å². The molecule has 86 valence electrons. The molecule has 0 spiro atoms. The highest BCUT2D eigenvalue weighted by Crippen LogP contribution is 2.06. The molecule has 6 heteroatoms. The van der Waals surface area contributed by atoms with Crippen LogP contribution in [0.25, 0.3) is 11.4 Å². The van der Waals surface area contributed by atoms with Crippen LogP contribution in [-0.4, -0.2) is 9.97 Å². The summed E-state index contributed by atoms with van der Waals surface area (Å²) in [6.45, 7) is 3.00. The van der Waals surface area contributed by atoms with Crippen LogP contribution in [-0.2, 0) is 6.54 Å². The third-order valence-corrected chi connectivity index (χ3v) is 2.05. The monoisotopic (exact) mass is 258 g/mol. The molecule has 0 aliphatic rings. The lowest BCUT2D eigenvalue weighted by Gasteiger charge is -1.97. The van der Waals surface area contributed by atoms with Gasteiger partial charge in [-0.05, 0) is 6.92 Å². The van der Waals surface area contributed by atoms with Crippen molar-refractivity contribution < 1.29 is 34.4 Å². The summed E-state index contributed by atoms with van der Waals surface area (Å²) >= 11 is 0. The second-order valence-electron chi connectivity index (χ2n) is 2.89. The second kappa shape index (κ2) is 7.09. The maximum Gasteiger partial charge on any atom is 0.255 e. The van der Waals surface area contributed by atoms with Crippen LogP contribution < -0.4 is 34.4 Å². The molecular weight excluding hydrogens is 247 g/mol. The zero-order valence-corrected chi connectivity index (χ0v) is 10.3. The molecule has 0 aliphatic heterocycles. The van der Waals surface area contributed by atoms with Gasteiger partial charge in [0.15, 0.2) is 18.6 Å². The van der Waals surface area contributed by atoms with E-state index in [4.69, 9.17) is 0 Å². The van der Waals surface area contributed by atoms with Crippen molar-refractivity contribution in [1.29, 1.82) is 0 Å². The number of nitrogens with one attached hydrogen (secondary N) is 1. The van der Waals surface area contributed by atoms with Gasteiger partial charge in [0.2, 0.25) is 5.69 Å². The van der Waals surface area contributed by atoms with Gasteiger partial charge in [-0.25, -0.2) is 9.97 Å². The van der Waals surface area contributed by atoms with Gasteiger partial charge in [0.1, 0.15) is 12.7 Å². The highest BCUT2D eigenvalue weighted by molar-refractivity contribution is 5.45. The largest absolute Gasteiger partial charge is 1.00 e. The lowest BCUT2D eigenvalue weighted by atomic mass is 10.3. The van der Waals surface area contributed by atoms with Crippen molar-refractivity contribution in [3.05, 3.63) is 37.2 Å². The first-order valence-electron chi connectivity index (χ1n) is 4.57. The Morgan fingerprint density at radius 1 is 1.31 bits per heavy atom. The fourth-order valence-electron chi connectivity index (χ4n) is 1.34. The molecule has 0 saturated heterocycles. The Morgan fingerprint density at radius 2 is 2.12 bits per heavy atom. The van der Waals surface area contributed by atoms with E-state index in [9.17, 15) is 0 Å². The summed E-state index contributed by atoms with van der Waals surface area (Å²) in [5, 5.41) is 0. The third kappa shape index (κ3) is 3.12. The topological polar surface area (TPSA) is 43.8 Å². The van der Waals surface area contributed by atoms with E-state index in [1.807, 2.05) is 18.6 Å². The molecule has 2 rings (SSSR count). The third-order valence-electron chi connectivity index (χ3n) is 2.05. The Kier molecular flexibility index (Phi) is 6.53. The van der Waals surface area contributed by atoms with E-state index in [2.05, 4.69) is 26.4 Å². The van der Waals surface area contributed by atoms with E-state index in [-0.39, 0.29) is 24.8 Å². The molecule has 0 atom stereocenters. The zero-order chi connectivity index (χ0) is 9.80. The van der Waals surface area contributed by atoms with E-state index in [0.29, 0.717) is 0 Å². The number of aromatic nitrogens is 4. The predicted octanol–water partition coefficient (Wildman–Crippen LogP) is -5.73. The Labute approximate surface area is 107 Å². The quantitative estimate of drug-likeness (QED) is 0.504. The van der Waals surface area contributed by atoms with E-state index in [1.54, 1.807) is 18.6 Å². The van der Waals surface area contributed by atoms with E-state index in [1.165, 1.54) is 0 Å². The van der Waals surface area contributed by atoms with E-state index in [0.717, 1.165) is 17.9 Å². The van der Waals surface area contributed by atoms with Crippen LogP contribution >= 0.6 is 0 Å². The predicted molar refractivity (Wildman–Crippen MR) is 49.9 cm³/mol. The van der Waals surface area contributed by atoms with Gasteiger partial charge in [0.05, 0.1) is 12.4 Å². The minimum atomic E-state index is 0. The SMILES string of the molecule is CC[n+]1ccncc1-c1c[nH+]ccn1.[Cl-].[Cl-]. The van der Waals surface area contributed by atoms with Crippen LogP contribution in [0.2, 0.25) is 0 Å². The molecule has 2 heterocycles. The van der Waals surface area contributed by atoms with E-state index >= 15 is 0 Å². The minimum Gasteiger partial charge on any atom is -1.00 e. The summed E-state index contributed by atoms with van der Waals surface area (Å²) < 4.78 is 2.10. The Hall–Kier alpha value is -1.26. The molecule has 2 aromatic heterocycles. The standard InChI is InChI=1S/C10H11N4.2ClH/c1-2-14-6-5-12-8-10(14)9-7-11-3-4-13-9;;/h3-8H,2H2,1H3;2*1H/q+1;;/p-1. The van der Waals surface area contributed by atoms with Crippen LogP contribution in [0, 0.1) is 0 Å². The molecule has 0 bridgehead atoms. The van der Waals surface area contributed by atoms with Crippen molar-refractivity contribution in [1.82, 2.24) is 9.97 Å². The van der Waals surface area contributed by atoms with Crippen LogP contribution in [0.5, 0.6) is 0 Å². The van der Waals surface area contributed by atoms with Crippen molar-refractivity contribution in [3.8, 4) is 11.4 Å². The first-order chi connectivity index (χ1) is 6.92. The molecule has 16 heavy (non-hydrogen) atoms. The number of H-pyrrole nitrogens is 1. The Morgan fingerprint density at radius 3 is 2.75 bits per heavy atom. The maximum atomic E-state index is 4.27. The van der Waals surface area contributed by atoms with Crippen LogP contribution in [0.3, 0.4) is 0 Å². The zero-order valence-electron chi connectivity index (χ0n) is 8.77. The maximum absolute atomic E-state index is 4.27. The van der Waals surface area contributed by atoms with Crippen molar-refractivity contribution >= 4 is 0 Å². The number of aromatic amines is 1. The Bertz CT molecular complexity index is 422. The number of nitrogens with zero attached hydrogens (tertiary/aromatic N) is 3. The van der Waals surface area contributed by atoms with Gasteiger partial charge in [-0.2, -0.15) is 4.57 Å². The lowest BCUT2D eigenvalue weighted by molar-refractivity contribution is -0.683. The van der Waals surface area contributed by atoms with Gasteiger partial charge >= 0.3 is 0 Å². The molecular formula is C10H12Cl2N4. The Balaban J connectivity index is 0.00000112. The average Bonchev–Trinajstić information content (AvgIpc) is 2.30. The van der Waals surface area contributed by atoms with Gasteiger partial charge in [0.25, 0.3) is 5.69 Å². The van der Waals surface area contributed by atoms with E-state index < -0.39 is 0 Å². The molecule has 0 unspecified atom stereocenters.